The number of hydrogen-bond acceptors (Lipinski definition) is 11. The van der Waals surface area contributed by atoms with E-state index in [0.717, 1.165) is 23.6 Å². The third kappa shape index (κ3) is 11.6. The number of hydrogen-bond donors (Lipinski definition) is 1. The molecule has 0 spiro atoms. The van der Waals surface area contributed by atoms with Crippen LogP contribution in [-0.2, 0) is 44.5 Å². The average Bonchev–Trinajstić information content (AvgIpc) is 3.85. The predicted molar refractivity (Wildman–Crippen MR) is 175 cm³/mol. The number of carboxylic acids is 1. The number of rotatable bonds is 15. The second-order valence-electron chi connectivity index (χ2n) is 14.1. The standard InChI is InChI=1S/C34H52N4O10/c1-21(2)17-25(31(42)46-22(3)30(40)41)36(7)29(39)27(19-24-11-12-28(35-20-24)38-13-15-45-16-14-38)47-32(43)26(18-23-9-10-23)37(8)33(44)48-34(4,5)6/h11-12,20-23,25-27H,9-10,13-19H2,1-8H3,(H,40,41)/t22-,25+,26+,27-/m1/s1. The van der Waals surface area contributed by atoms with Crippen molar-refractivity contribution < 1.29 is 48.0 Å². The number of esters is 2. The van der Waals surface area contributed by atoms with Crippen LogP contribution in [0.2, 0.25) is 0 Å². The molecule has 0 radical (unpaired) electrons. The Balaban J connectivity index is 1.91. The van der Waals surface area contributed by atoms with Crippen LogP contribution in [0.25, 0.3) is 0 Å². The first kappa shape index (κ1) is 38.5. The molecule has 268 valence electrons. The van der Waals surface area contributed by atoms with Gasteiger partial charge in [0.05, 0.1) is 13.2 Å². The number of carboxylic acid groups (broad SMARTS) is 1. The Morgan fingerprint density at radius 1 is 0.979 bits per heavy atom. The van der Waals surface area contributed by atoms with Crippen molar-refractivity contribution in [3.8, 4) is 0 Å². The molecule has 1 aliphatic carbocycles. The number of carbonyl (C=O) groups excluding carboxylic acids is 4. The molecule has 1 saturated heterocycles. The van der Waals surface area contributed by atoms with Crippen LogP contribution in [0.3, 0.4) is 0 Å². The highest BCUT2D eigenvalue weighted by atomic mass is 16.6. The minimum absolute atomic E-state index is 0.0629. The second-order valence-corrected chi connectivity index (χ2v) is 14.1. The number of nitrogens with zero attached hydrogens (tertiary/aromatic N) is 4. The van der Waals surface area contributed by atoms with Gasteiger partial charge in [-0.2, -0.15) is 0 Å². The lowest BCUT2D eigenvalue weighted by molar-refractivity contribution is -0.172. The summed E-state index contributed by atoms with van der Waals surface area (Å²) in [7, 11) is 2.87. The molecule has 2 amide bonds. The van der Waals surface area contributed by atoms with Gasteiger partial charge in [-0.15, -0.1) is 0 Å². The highest BCUT2D eigenvalue weighted by Gasteiger charge is 2.40. The maximum atomic E-state index is 14.2. The largest absolute Gasteiger partial charge is 0.479 e. The molecule has 2 heterocycles. The van der Waals surface area contributed by atoms with Gasteiger partial charge in [-0.25, -0.2) is 24.2 Å². The van der Waals surface area contributed by atoms with Gasteiger partial charge in [0.1, 0.15) is 23.5 Å². The number of ether oxygens (including phenoxy) is 4. The first-order valence-corrected chi connectivity index (χ1v) is 16.6. The van der Waals surface area contributed by atoms with Crippen LogP contribution in [0.4, 0.5) is 10.6 Å². The Hall–Kier alpha value is -3.94. The molecule has 1 aromatic heterocycles. The second kappa shape index (κ2) is 16.9. The summed E-state index contributed by atoms with van der Waals surface area (Å²) in [6, 6.07) is 1.47. The molecule has 1 saturated carbocycles. The predicted octanol–water partition coefficient (Wildman–Crippen LogP) is 3.30. The molecule has 1 aliphatic heterocycles. The van der Waals surface area contributed by atoms with Gasteiger partial charge in [0.25, 0.3) is 5.91 Å². The van der Waals surface area contributed by atoms with Crippen LogP contribution in [0.1, 0.15) is 72.8 Å². The molecule has 0 unspecified atom stereocenters. The number of anilines is 1. The number of likely N-dealkylation sites (N-methyl/N-ethyl adjacent to an activating group) is 2. The molecule has 2 fully saturated rings. The smallest absolute Gasteiger partial charge is 0.410 e. The Morgan fingerprint density at radius 2 is 1.60 bits per heavy atom. The molecule has 1 aromatic rings. The van der Waals surface area contributed by atoms with E-state index in [-0.39, 0.29) is 24.7 Å². The van der Waals surface area contributed by atoms with Gasteiger partial charge in [0, 0.05) is 39.8 Å². The van der Waals surface area contributed by atoms with Crippen molar-refractivity contribution in [2.45, 2.75) is 104 Å². The van der Waals surface area contributed by atoms with Crippen molar-refractivity contribution >= 4 is 35.7 Å². The maximum Gasteiger partial charge on any atom is 0.410 e. The van der Waals surface area contributed by atoms with Crippen LogP contribution in [0.15, 0.2) is 18.3 Å². The Kier molecular flexibility index (Phi) is 13.6. The number of morpholine rings is 1. The van der Waals surface area contributed by atoms with Crippen LogP contribution < -0.4 is 4.90 Å². The van der Waals surface area contributed by atoms with Gasteiger partial charge >= 0.3 is 24.0 Å². The van der Waals surface area contributed by atoms with Crippen molar-refractivity contribution in [1.82, 2.24) is 14.8 Å². The molecule has 1 N–H and O–H groups in total. The zero-order chi connectivity index (χ0) is 35.8. The first-order chi connectivity index (χ1) is 22.5. The zero-order valence-corrected chi connectivity index (χ0v) is 29.5. The molecule has 3 rings (SSSR count). The summed E-state index contributed by atoms with van der Waals surface area (Å²) >= 11 is 0. The number of carbonyl (C=O) groups is 5. The van der Waals surface area contributed by atoms with Crippen molar-refractivity contribution in [2.24, 2.45) is 11.8 Å². The fourth-order valence-corrected chi connectivity index (χ4v) is 5.21. The van der Waals surface area contributed by atoms with Crippen molar-refractivity contribution in [3.63, 3.8) is 0 Å². The monoisotopic (exact) mass is 676 g/mol. The maximum absolute atomic E-state index is 14.2. The molecule has 0 bridgehead atoms. The van der Waals surface area contributed by atoms with Gasteiger partial charge < -0.3 is 33.9 Å². The summed E-state index contributed by atoms with van der Waals surface area (Å²) in [5.74, 6) is -2.76. The summed E-state index contributed by atoms with van der Waals surface area (Å²) in [6.07, 6.45) is 0.372. The van der Waals surface area contributed by atoms with Crippen LogP contribution >= 0.6 is 0 Å². The van der Waals surface area contributed by atoms with Crippen molar-refractivity contribution in [1.29, 1.82) is 0 Å². The van der Waals surface area contributed by atoms with Gasteiger partial charge in [-0.3, -0.25) is 9.69 Å². The Bertz CT molecular complexity index is 1270. The van der Waals surface area contributed by atoms with Gasteiger partial charge in [-0.1, -0.05) is 32.8 Å². The van der Waals surface area contributed by atoms with E-state index in [1.54, 1.807) is 33.0 Å². The SMILES string of the molecule is CC(C)C[C@@H](C(=O)O[C@H](C)C(=O)O)N(C)C(=O)[C@@H](Cc1ccc(N2CCOCC2)nc1)OC(=O)[C@H](CC1CC1)N(C)C(=O)OC(C)(C)C. The molecule has 14 nitrogen and oxygen atoms in total. The van der Waals surface area contributed by atoms with E-state index >= 15 is 0 Å². The molecule has 4 atom stereocenters. The van der Waals surface area contributed by atoms with E-state index in [2.05, 4.69) is 9.88 Å². The molecule has 48 heavy (non-hydrogen) atoms. The lowest BCUT2D eigenvalue weighted by atomic mass is 10.0. The van der Waals surface area contributed by atoms with Crippen LogP contribution in [-0.4, -0.2) is 120 Å². The highest BCUT2D eigenvalue weighted by Crippen LogP contribution is 2.35. The number of pyridine rings is 1. The van der Waals surface area contributed by atoms with Crippen molar-refractivity contribution in [2.75, 3.05) is 45.3 Å². The first-order valence-electron chi connectivity index (χ1n) is 16.6. The van der Waals surface area contributed by atoms with E-state index in [4.69, 9.17) is 18.9 Å². The summed E-state index contributed by atoms with van der Waals surface area (Å²) < 4.78 is 22.0. The van der Waals surface area contributed by atoms with Gasteiger partial charge in [0.15, 0.2) is 12.2 Å². The minimum atomic E-state index is -1.42. The third-order valence-corrected chi connectivity index (χ3v) is 8.20. The Morgan fingerprint density at radius 3 is 2.12 bits per heavy atom. The molecule has 2 aliphatic rings. The lowest BCUT2D eigenvalue weighted by Crippen LogP contribution is -2.52. The minimum Gasteiger partial charge on any atom is -0.479 e. The summed E-state index contributed by atoms with van der Waals surface area (Å²) in [6.45, 7) is 12.7. The zero-order valence-electron chi connectivity index (χ0n) is 29.5. The van der Waals surface area contributed by atoms with E-state index in [0.29, 0.717) is 38.3 Å². The van der Waals surface area contributed by atoms with Gasteiger partial charge in [0.2, 0.25) is 0 Å². The average molecular weight is 677 g/mol. The number of aromatic nitrogens is 1. The summed E-state index contributed by atoms with van der Waals surface area (Å²) in [4.78, 5) is 74.6. The summed E-state index contributed by atoms with van der Waals surface area (Å²) in [5.41, 5.74) is -0.188. The normalized spacial score (nSPS) is 17.5. The van der Waals surface area contributed by atoms with Gasteiger partial charge in [-0.05, 0) is 64.0 Å². The topological polar surface area (TPSA) is 165 Å². The molecule has 0 aromatic carbocycles. The number of aliphatic carboxylic acids is 1. The lowest BCUT2D eigenvalue weighted by Gasteiger charge is -2.33. The molecular formula is C34H52N4O10. The fraction of sp³-hybridized carbons (Fsp3) is 0.706. The van der Waals surface area contributed by atoms with Crippen molar-refractivity contribution in [3.05, 3.63) is 23.9 Å². The van der Waals surface area contributed by atoms with Crippen LogP contribution in [0.5, 0.6) is 0 Å². The fourth-order valence-electron chi connectivity index (χ4n) is 5.21. The van der Waals surface area contributed by atoms with E-state index in [1.165, 1.54) is 25.9 Å². The van der Waals surface area contributed by atoms with Crippen LogP contribution in [0, 0.1) is 11.8 Å². The molecular weight excluding hydrogens is 624 g/mol. The van der Waals surface area contributed by atoms with E-state index in [1.807, 2.05) is 19.9 Å². The highest BCUT2D eigenvalue weighted by molar-refractivity contribution is 5.90. The number of amides is 2. The quantitative estimate of drug-likeness (QED) is 0.213. The van der Waals surface area contributed by atoms with E-state index in [9.17, 15) is 29.1 Å². The summed E-state index contributed by atoms with van der Waals surface area (Å²) in [5, 5.41) is 9.29. The molecule has 14 heteroatoms. The Labute approximate surface area is 283 Å². The third-order valence-electron chi connectivity index (χ3n) is 8.20. The van der Waals surface area contributed by atoms with E-state index < -0.39 is 59.8 Å².